The van der Waals surface area contributed by atoms with Crippen LogP contribution in [0.1, 0.15) is 361 Å². The largest absolute Gasteiger partial charge is 0.394 e. The molecule has 1 rings (SSSR count). The van der Waals surface area contributed by atoms with Gasteiger partial charge >= 0.3 is 0 Å². The van der Waals surface area contributed by atoms with Crippen molar-refractivity contribution in [3.8, 4) is 0 Å². The van der Waals surface area contributed by atoms with E-state index < -0.39 is 49.5 Å². The second kappa shape index (κ2) is 58.1. The Hall–Kier alpha value is -1.07. The molecular formula is C68H133NO8. The molecule has 0 aromatic carbocycles. The molecule has 1 saturated heterocycles. The van der Waals surface area contributed by atoms with Crippen molar-refractivity contribution in [2.24, 2.45) is 0 Å². The standard InChI is InChI=1S/C68H133NO8/c1-3-5-7-9-11-13-15-17-19-21-23-25-27-28-29-30-31-32-33-34-36-38-40-42-44-46-48-50-52-54-56-58-64(72)69-61(60-76-68-67(75)66(74)65(73)63(59-70)77-68)62(71)57-55-53-51-49-47-45-43-41-39-37-35-26-24-22-20-18-16-14-12-10-8-6-4-2/h55,57,61-63,65-68,70-71,73-75H,3-54,56,58-60H2,1-2H3,(H,69,72)/b57-55+. The molecule has 0 aromatic heterocycles. The van der Waals surface area contributed by atoms with Gasteiger partial charge < -0.3 is 40.3 Å². The third-order valence-corrected chi connectivity index (χ3v) is 16.9. The normalized spacial score (nSPS) is 18.7. The molecule has 77 heavy (non-hydrogen) atoms. The Balaban J connectivity index is 2.11. The lowest BCUT2D eigenvalue weighted by Gasteiger charge is -2.40. The highest BCUT2D eigenvalue weighted by molar-refractivity contribution is 5.76. The van der Waals surface area contributed by atoms with Crippen molar-refractivity contribution in [2.45, 2.75) is 403 Å². The minimum absolute atomic E-state index is 0.167. The van der Waals surface area contributed by atoms with Crippen LogP contribution in [0.25, 0.3) is 0 Å². The lowest BCUT2D eigenvalue weighted by Crippen LogP contribution is -2.60. The van der Waals surface area contributed by atoms with Crippen LogP contribution in [0.15, 0.2) is 12.2 Å². The van der Waals surface area contributed by atoms with Gasteiger partial charge in [0.1, 0.15) is 24.4 Å². The highest BCUT2D eigenvalue weighted by atomic mass is 16.7. The third kappa shape index (κ3) is 47.2. The molecule has 9 heteroatoms. The molecule has 7 atom stereocenters. The maximum atomic E-state index is 13.1. The van der Waals surface area contributed by atoms with Gasteiger partial charge in [-0.2, -0.15) is 0 Å². The number of hydrogen-bond acceptors (Lipinski definition) is 8. The van der Waals surface area contributed by atoms with Gasteiger partial charge in [-0.15, -0.1) is 0 Å². The second-order valence-electron chi connectivity index (χ2n) is 24.3. The van der Waals surface area contributed by atoms with E-state index in [4.69, 9.17) is 9.47 Å². The van der Waals surface area contributed by atoms with E-state index in [0.29, 0.717) is 6.42 Å². The van der Waals surface area contributed by atoms with Gasteiger partial charge in [-0.05, 0) is 19.3 Å². The molecule has 9 nitrogen and oxygen atoms in total. The Morgan fingerprint density at radius 2 is 0.714 bits per heavy atom. The molecule has 458 valence electrons. The SMILES string of the molecule is CCCCCCCCCCCCCCCCCCCCCCC/C=C/C(O)C(COC1OC(CO)C(O)C(O)C1O)NC(=O)CCCCCCCCCCCCCCCCCCCCCCCCCCCCCCCCC. The molecule has 0 spiro atoms. The van der Waals surface area contributed by atoms with Crippen LogP contribution < -0.4 is 5.32 Å². The van der Waals surface area contributed by atoms with Gasteiger partial charge in [0, 0.05) is 6.42 Å². The lowest BCUT2D eigenvalue weighted by molar-refractivity contribution is -0.302. The van der Waals surface area contributed by atoms with Crippen LogP contribution in [-0.4, -0.2) is 87.5 Å². The summed E-state index contributed by atoms with van der Waals surface area (Å²) >= 11 is 0. The average molecular weight is 1090 g/mol. The van der Waals surface area contributed by atoms with Crippen molar-refractivity contribution in [1.82, 2.24) is 5.32 Å². The van der Waals surface area contributed by atoms with Gasteiger partial charge in [0.25, 0.3) is 0 Å². The van der Waals surface area contributed by atoms with Crippen LogP contribution in [0, 0.1) is 0 Å². The predicted molar refractivity (Wildman–Crippen MR) is 327 cm³/mol. The van der Waals surface area contributed by atoms with E-state index in [-0.39, 0.29) is 12.5 Å². The number of ether oxygens (including phenoxy) is 2. The van der Waals surface area contributed by atoms with E-state index >= 15 is 0 Å². The van der Waals surface area contributed by atoms with E-state index in [1.165, 1.54) is 302 Å². The van der Waals surface area contributed by atoms with Gasteiger partial charge in [0.05, 0.1) is 25.4 Å². The second-order valence-corrected chi connectivity index (χ2v) is 24.3. The zero-order valence-corrected chi connectivity index (χ0v) is 51.3. The molecule has 0 bridgehead atoms. The van der Waals surface area contributed by atoms with Crippen LogP contribution in [0.2, 0.25) is 0 Å². The summed E-state index contributed by atoms with van der Waals surface area (Å²) in [4.78, 5) is 13.1. The number of hydrogen-bond donors (Lipinski definition) is 6. The molecule has 0 aromatic rings. The van der Waals surface area contributed by atoms with Gasteiger partial charge in [-0.25, -0.2) is 0 Å². The smallest absolute Gasteiger partial charge is 0.220 e. The van der Waals surface area contributed by atoms with Crippen LogP contribution in [0.5, 0.6) is 0 Å². The number of allylic oxidation sites excluding steroid dienone is 1. The van der Waals surface area contributed by atoms with Crippen molar-refractivity contribution >= 4 is 5.91 Å². The van der Waals surface area contributed by atoms with E-state index in [9.17, 15) is 30.3 Å². The van der Waals surface area contributed by atoms with Gasteiger partial charge in [-0.3, -0.25) is 4.79 Å². The molecular weight excluding hydrogens is 959 g/mol. The molecule has 0 saturated carbocycles. The summed E-state index contributed by atoms with van der Waals surface area (Å²) in [6, 6.07) is -0.802. The number of carbonyl (C=O) groups excluding carboxylic acids is 1. The number of unbranched alkanes of at least 4 members (excludes halogenated alkanes) is 51. The first-order chi connectivity index (χ1) is 37.8. The molecule has 1 aliphatic rings. The van der Waals surface area contributed by atoms with Crippen LogP contribution in [0.3, 0.4) is 0 Å². The summed E-state index contributed by atoms with van der Waals surface area (Å²) in [6.07, 6.45) is 67.5. The van der Waals surface area contributed by atoms with Crippen molar-refractivity contribution in [1.29, 1.82) is 0 Å². The van der Waals surface area contributed by atoms with Crippen molar-refractivity contribution in [3.05, 3.63) is 12.2 Å². The maximum Gasteiger partial charge on any atom is 0.220 e. The zero-order valence-electron chi connectivity index (χ0n) is 51.3. The van der Waals surface area contributed by atoms with E-state index in [1.54, 1.807) is 6.08 Å². The summed E-state index contributed by atoms with van der Waals surface area (Å²) in [5.74, 6) is -0.167. The number of carbonyl (C=O) groups is 1. The van der Waals surface area contributed by atoms with E-state index in [2.05, 4.69) is 19.2 Å². The first-order valence-corrected chi connectivity index (χ1v) is 34.4. The minimum atomic E-state index is -1.56. The van der Waals surface area contributed by atoms with E-state index in [1.807, 2.05) is 6.08 Å². The van der Waals surface area contributed by atoms with Gasteiger partial charge in [-0.1, -0.05) is 347 Å². The topological polar surface area (TPSA) is 149 Å². The number of amides is 1. The summed E-state index contributed by atoms with van der Waals surface area (Å²) in [6.45, 7) is 3.84. The highest BCUT2D eigenvalue weighted by Gasteiger charge is 2.44. The van der Waals surface area contributed by atoms with Crippen molar-refractivity contribution in [2.75, 3.05) is 13.2 Å². The molecule has 7 unspecified atom stereocenters. The Bertz CT molecular complexity index is 1220. The minimum Gasteiger partial charge on any atom is -0.394 e. The van der Waals surface area contributed by atoms with Crippen molar-refractivity contribution < 1.29 is 39.8 Å². The number of aliphatic hydroxyl groups is 5. The monoisotopic (exact) mass is 1090 g/mol. The molecule has 1 amide bonds. The Kier molecular flexibility index (Phi) is 55.8. The third-order valence-electron chi connectivity index (χ3n) is 16.9. The van der Waals surface area contributed by atoms with Crippen LogP contribution >= 0.6 is 0 Å². The Morgan fingerprint density at radius 1 is 0.429 bits per heavy atom. The first kappa shape index (κ1) is 73.9. The molecule has 1 heterocycles. The molecule has 0 radical (unpaired) electrons. The van der Waals surface area contributed by atoms with E-state index in [0.717, 1.165) is 38.5 Å². The number of nitrogens with one attached hydrogen (secondary N) is 1. The fraction of sp³-hybridized carbons (Fsp3) is 0.956. The predicted octanol–water partition coefficient (Wildman–Crippen LogP) is 18.3. The maximum absolute atomic E-state index is 13.1. The van der Waals surface area contributed by atoms with Crippen LogP contribution in [0.4, 0.5) is 0 Å². The highest BCUT2D eigenvalue weighted by Crippen LogP contribution is 2.24. The first-order valence-electron chi connectivity index (χ1n) is 34.4. The van der Waals surface area contributed by atoms with Gasteiger partial charge in [0.2, 0.25) is 5.91 Å². The average Bonchev–Trinajstić information content (AvgIpc) is 3.43. The fourth-order valence-corrected chi connectivity index (χ4v) is 11.5. The number of rotatable bonds is 61. The summed E-state index contributed by atoms with van der Waals surface area (Å²) in [7, 11) is 0. The zero-order chi connectivity index (χ0) is 55.8. The lowest BCUT2D eigenvalue weighted by atomic mass is 9.99. The number of aliphatic hydroxyl groups excluding tert-OH is 5. The Morgan fingerprint density at radius 3 is 1.01 bits per heavy atom. The van der Waals surface area contributed by atoms with Crippen LogP contribution in [-0.2, 0) is 14.3 Å². The summed E-state index contributed by atoms with van der Waals surface area (Å²) < 4.78 is 11.3. The molecule has 1 aliphatic heterocycles. The summed E-state index contributed by atoms with van der Waals surface area (Å²) in [5, 5.41) is 54.7. The fourth-order valence-electron chi connectivity index (χ4n) is 11.5. The van der Waals surface area contributed by atoms with Gasteiger partial charge in [0.15, 0.2) is 6.29 Å². The molecule has 0 aliphatic carbocycles. The quantitative estimate of drug-likeness (QED) is 0.0261. The molecule has 6 N–H and O–H groups in total. The van der Waals surface area contributed by atoms with Crippen molar-refractivity contribution in [3.63, 3.8) is 0 Å². The Labute approximate surface area is 477 Å². The summed E-state index contributed by atoms with van der Waals surface area (Å²) in [5.41, 5.74) is 0. The molecule has 1 fully saturated rings.